The summed E-state index contributed by atoms with van der Waals surface area (Å²) in [5, 5.41) is 0. The van der Waals surface area contributed by atoms with Crippen molar-refractivity contribution in [1.82, 2.24) is 0 Å². The van der Waals surface area contributed by atoms with Gasteiger partial charge in [0.1, 0.15) is 5.78 Å². The van der Waals surface area contributed by atoms with Gasteiger partial charge in [0.15, 0.2) is 0 Å². The maximum absolute atomic E-state index is 9.56. The van der Waals surface area contributed by atoms with Crippen molar-refractivity contribution in [3.63, 3.8) is 0 Å². The van der Waals surface area contributed by atoms with Gasteiger partial charge in [0.25, 0.3) is 0 Å². The van der Waals surface area contributed by atoms with Gasteiger partial charge in [0.05, 0.1) is 0 Å². The molecule has 0 heterocycles. The molecule has 0 aliphatic heterocycles. The van der Waals surface area contributed by atoms with Gasteiger partial charge in [-0.3, -0.25) is 4.79 Å². The molecule has 0 saturated heterocycles. The van der Waals surface area contributed by atoms with Crippen molar-refractivity contribution in [3.8, 4) is 0 Å². The Balaban J connectivity index is 0.000000160. The zero-order chi connectivity index (χ0) is 2.99. The van der Waals surface area contributed by atoms with E-state index in [9.17, 15) is 4.79 Å². The second-order valence-electron chi connectivity index (χ2n) is 1.04. The van der Waals surface area contributed by atoms with Crippen molar-refractivity contribution in [1.29, 1.82) is 0 Å². The number of ketones is 1. The minimum atomic E-state index is 0. The number of hydrogen-bond acceptors (Lipinski definition) is 1. The van der Waals surface area contributed by atoms with Gasteiger partial charge in [-0.1, -0.05) is 0 Å². The minimum absolute atomic E-state index is 0. The Morgan fingerprint density at radius 2 is 1.60 bits per heavy atom. The first-order valence-electron chi connectivity index (χ1n) is 1.41. The molecule has 1 nitrogen and oxygen atoms in total. The summed E-state index contributed by atoms with van der Waals surface area (Å²) in [5.41, 5.74) is 0. The van der Waals surface area contributed by atoms with E-state index in [0.29, 0.717) is 5.78 Å². The van der Waals surface area contributed by atoms with Crippen LogP contribution >= 0.6 is 0 Å². The average Bonchev–Trinajstić information content (AvgIpc) is 1.75. The summed E-state index contributed by atoms with van der Waals surface area (Å²) >= 11 is 0. The van der Waals surface area contributed by atoms with Crippen molar-refractivity contribution in [2.45, 2.75) is 12.8 Å². The molecule has 1 saturated carbocycles. The summed E-state index contributed by atoms with van der Waals surface area (Å²) in [7, 11) is 0. The van der Waals surface area contributed by atoms with Gasteiger partial charge in [0, 0.05) is 12.8 Å². The van der Waals surface area contributed by atoms with Crippen LogP contribution in [0.25, 0.3) is 0 Å². The normalized spacial score (nSPS) is 17.2. The molecule has 0 bridgehead atoms. The first-order chi connectivity index (χ1) is 1.89. The van der Waals surface area contributed by atoms with Crippen molar-refractivity contribution in [3.05, 3.63) is 0 Å². The van der Waals surface area contributed by atoms with Crippen LogP contribution in [-0.2, 0) is 4.79 Å². The van der Waals surface area contributed by atoms with Crippen LogP contribution in [0.5, 0.6) is 0 Å². The van der Waals surface area contributed by atoms with E-state index >= 15 is 0 Å². The number of rotatable bonds is 0. The fourth-order valence-electron chi connectivity index (χ4n) is 0.0510. The molecule has 0 amide bonds. The van der Waals surface area contributed by atoms with Crippen LogP contribution in [0.2, 0.25) is 0 Å². The second kappa shape index (κ2) is 1.64. The first kappa shape index (κ1) is 5.27. The maximum atomic E-state index is 9.56. The van der Waals surface area contributed by atoms with Gasteiger partial charge in [-0.05, 0) is 0 Å². The van der Waals surface area contributed by atoms with Crippen LogP contribution < -0.4 is 0 Å². The molecular weight excluding hydrogens is 59.0 g/mol. The third kappa shape index (κ3) is 2.06. The summed E-state index contributed by atoms with van der Waals surface area (Å²) in [6.07, 6.45) is 1.69. The number of Topliss-reactive ketones (excluding diaryl/α,β-unsaturated/α-hetero) is 1. The van der Waals surface area contributed by atoms with E-state index in [0.717, 1.165) is 12.8 Å². The van der Waals surface area contributed by atoms with Crippen LogP contribution in [0.1, 0.15) is 12.8 Å². The third-order valence-electron chi connectivity index (χ3n) is 0.454. The monoisotopic (exact) mass is 64.1 g/mol. The second-order valence-corrected chi connectivity index (χ2v) is 1.04. The molecule has 0 aromatic carbocycles. The van der Waals surface area contributed by atoms with Crippen LogP contribution in [0.4, 0.5) is 0 Å². The number of carbonyl (C=O) groups excluding carboxylic acids is 1. The van der Waals surface area contributed by atoms with E-state index in [1.165, 1.54) is 0 Å². The summed E-state index contributed by atoms with van der Waals surface area (Å²) < 4.78 is 0. The zero-order valence-electron chi connectivity index (χ0n) is 2.32. The molecule has 0 atom stereocenters. The van der Waals surface area contributed by atoms with E-state index in [4.69, 9.17) is 0 Å². The average molecular weight is 64.0 g/mol. The fraction of sp³-hybridized carbons (Fsp3) is 0.667. The molecule has 0 spiro atoms. The molecule has 1 aliphatic carbocycles. The van der Waals surface area contributed by atoms with E-state index in [2.05, 4.69) is 0 Å². The van der Waals surface area contributed by atoms with Crippen LogP contribution in [0.15, 0.2) is 0 Å². The molecule has 24 valence electrons. The van der Waals surface area contributed by atoms with Gasteiger partial charge in [-0.25, -0.2) is 0 Å². The third-order valence-corrected chi connectivity index (χ3v) is 0.454. The molecule has 1 fully saturated rings. The SMILES string of the molecule is O=C1CC1.[LiH]. The summed E-state index contributed by atoms with van der Waals surface area (Å²) in [4.78, 5) is 9.56. The van der Waals surface area contributed by atoms with Crippen molar-refractivity contribution >= 4 is 24.6 Å². The van der Waals surface area contributed by atoms with E-state index in [1.54, 1.807) is 0 Å². The van der Waals surface area contributed by atoms with E-state index < -0.39 is 0 Å². The number of hydrogen-bond donors (Lipinski definition) is 0. The molecule has 0 aromatic rings. The van der Waals surface area contributed by atoms with Crippen LogP contribution in [-0.4, -0.2) is 24.6 Å². The van der Waals surface area contributed by atoms with E-state index in [-0.39, 0.29) is 18.9 Å². The van der Waals surface area contributed by atoms with Crippen LogP contribution in [0.3, 0.4) is 0 Å². The van der Waals surface area contributed by atoms with Crippen molar-refractivity contribution in [2.24, 2.45) is 0 Å². The van der Waals surface area contributed by atoms with Gasteiger partial charge < -0.3 is 0 Å². The van der Waals surface area contributed by atoms with Crippen LogP contribution in [0, 0.1) is 0 Å². The predicted octanol–water partition coefficient (Wildman–Crippen LogP) is -0.299. The quantitative estimate of drug-likeness (QED) is 0.353. The Bertz CT molecular complexity index is 44.9. The predicted molar refractivity (Wildman–Crippen MR) is 21.4 cm³/mol. The fourth-order valence-corrected chi connectivity index (χ4v) is 0.0510. The van der Waals surface area contributed by atoms with E-state index in [1.807, 2.05) is 0 Å². The van der Waals surface area contributed by atoms with Gasteiger partial charge in [-0.2, -0.15) is 0 Å². The van der Waals surface area contributed by atoms with Gasteiger partial charge in [-0.15, -0.1) is 0 Å². The zero-order valence-corrected chi connectivity index (χ0v) is 2.32. The molecule has 0 aromatic heterocycles. The van der Waals surface area contributed by atoms with Crippen molar-refractivity contribution in [2.75, 3.05) is 0 Å². The Labute approximate surface area is 42.9 Å². The van der Waals surface area contributed by atoms with Gasteiger partial charge in [0.2, 0.25) is 0 Å². The molecule has 5 heavy (non-hydrogen) atoms. The molecule has 0 radical (unpaired) electrons. The molecule has 1 rings (SSSR count). The Morgan fingerprint density at radius 3 is 1.60 bits per heavy atom. The topological polar surface area (TPSA) is 17.1 Å². The standard InChI is InChI=1S/C3H4O.Li.H/c4-3-1-2-3;;/h1-2H2;;. The Hall–Kier alpha value is 0.267. The molecule has 2 heteroatoms. The Morgan fingerprint density at radius 1 is 1.40 bits per heavy atom. The van der Waals surface area contributed by atoms with Gasteiger partial charge >= 0.3 is 18.9 Å². The van der Waals surface area contributed by atoms with Crippen molar-refractivity contribution < 1.29 is 4.79 Å². The summed E-state index contributed by atoms with van der Waals surface area (Å²) in [6, 6.07) is 0. The first-order valence-corrected chi connectivity index (χ1v) is 1.41. The molecule has 0 N–H and O–H groups in total. The molecular formula is C3H5LiO. The summed E-state index contributed by atoms with van der Waals surface area (Å²) in [5.74, 6) is 0.417. The molecule has 0 unspecified atom stereocenters. The Kier molecular flexibility index (Phi) is 1.73. The number of carbonyl (C=O) groups is 1. The molecule has 1 aliphatic rings. The summed E-state index contributed by atoms with van der Waals surface area (Å²) in [6.45, 7) is 0.